The molecule has 5 nitrogen and oxygen atoms in total. The molecule has 0 fully saturated rings. The highest BCUT2D eigenvalue weighted by Crippen LogP contribution is 2.28. The fourth-order valence-electron chi connectivity index (χ4n) is 1.64. The summed E-state index contributed by atoms with van der Waals surface area (Å²) in [5, 5.41) is 4.92. The largest absolute Gasteiger partial charge is 0.493 e. The SMILES string of the molecule is CCc1ccc(OCCCCS(N)(=O)=O)c(OC)c1. The lowest BCUT2D eigenvalue weighted by molar-refractivity contribution is 0.288. The van der Waals surface area contributed by atoms with Crippen molar-refractivity contribution in [2.24, 2.45) is 5.14 Å². The fourth-order valence-corrected chi connectivity index (χ4v) is 2.25. The van der Waals surface area contributed by atoms with Crippen LogP contribution in [0.4, 0.5) is 0 Å². The second kappa shape index (κ2) is 7.35. The quantitative estimate of drug-likeness (QED) is 0.738. The highest BCUT2D eigenvalue weighted by molar-refractivity contribution is 7.89. The van der Waals surface area contributed by atoms with E-state index < -0.39 is 10.0 Å². The molecule has 0 aliphatic rings. The van der Waals surface area contributed by atoms with Gasteiger partial charge in [0.1, 0.15) is 0 Å². The van der Waals surface area contributed by atoms with Crippen LogP contribution in [0.25, 0.3) is 0 Å². The second-order valence-corrected chi connectivity index (χ2v) is 6.00. The Bertz CT molecular complexity index is 499. The van der Waals surface area contributed by atoms with Crippen molar-refractivity contribution >= 4 is 10.0 Å². The van der Waals surface area contributed by atoms with Gasteiger partial charge in [-0.25, -0.2) is 13.6 Å². The van der Waals surface area contributed by atoms with Gasteiger partial charge in [0.15, 0.2) is 11.5 Å². The van der Waals surface area contributed by atoms with Crippen LogP contribution in [-0.2, 0) is 16.4 Å². The molecule has 1 aromatic rings. The summed E-state index contributed by atoms with van der Waals surface area (Å²) in [4.78, 5) is 0. The molecule has 19 heavy (non-hydrogen) atoms. The number of nitrogens with two attached hydrogens (primary N) is 1. The molecule has 1 rings (SSSR count). The first-order valence-electron chi connectivity index (χ1n) is 6.26. The van der Waals surface area contributed by atoms with E-state index in [4.69, 9.17) is 14.6 Å². The van der Waals surface area contributed by atoms with Crippen molar-refractivity contribution in [2.75, 3.05) is 19.5 Å². The van der Waals surface area contributed by atoms with Gasteiger partial charge < -0.3 is 9.47 Å². The summed E-state index contributed by atoms with van der Waals surface area (Å²) in [5.74, 6) is 1.36. The molecule has 0 spiro atoms. The van der Waals surface area contributed by atoms with E-state index >= 15 is 0 Å². The van der Waals surface area contributed by atoms with E-state index in [1.165, 1.54) is 5.56 Å². The van der Waals surface area contributed by atoms with Gasteiger partial charge in [-0.2, -0.15) is 0 Å². The molecule has 0 aliphatic heterocycles. The Morgan fingerprint density at radius 3 is 2.53 bits per heavy atom. The molecular formula is C13H21NO4S. The molecule has 0 aromatic heterocycles. The first-order chi connectivity index (χ1) is 8.96. The monoisotopic (exact) mass is 287 g/mol. The third-order valence-corrected chi connectivity index (χ3v) is 3.57. The normalized spacial score (nSPS) is 11.3. The zero-order chi connectivity index (χ0) is 14.3. The van der Waals surface area contributed by atoms with Gasteiger partial charge in [-0.1, -0.05) is 13.0 Å². The van der Waals surface area contributed by atoms with Gasteiger partial charge in [-0.3, -0.25) is 0 Å². The Labute approximate surface area is 114 Å². The molecule has 0 heterocycles. The van der Waals surface area contributed by atoms with E-state index in [0.717, 1.165) is 6.42 Å². The van der Waals surface area contributed by atoms with Gasteiger partial charge in [0.2, 0.25) is 10.0 Å². The van der Waals surface area contributed by atoms with Crippen LogP contribution < -0.4 is 14.6 Å². The van der Waals surface area contributed by atoms with Crippen LogP contribution in [0.3, 0.4) is 0 Å². The maximum atomic E-state index is 10.8. The molecule has 0 bridgehead atoms. The number of rotatable bonds is 8. The first-order valence-corrected chi connectivity index (χ1v) is 7.98. The third kappa shape index (κ3) is 5.94. The Kier molecular flexibility index (Phi) is 6.11. The molecule has 0 saturated heterocycles. The van der Waals surface area contributed by atoms with E-state index in [0.29, 0.717) is 30.9 Å². The highest BCUT2D eigenvalue weighted by Gasteiger charge is 2.06. The van der Waals surface area contributed by atoms with Crippen LogP contribution in [-0.4, -0.2) is 27.9 Å². The predicted molar refractivity (Wildman–Crippen MR) is 75.1 cm³/mol. The predicted octanol–water partition coefficient (Wildman–Crippen LogP) is 1.71. The van der Waals surface area contributed by atoms with Gasteiger partial charge in [0.25, 0.3) is 0 Å². The average Bonchev–Trinajstić information content (AvgIpc) is 2.37. The molecule has 0 radical (unpaired) electrons. The average molecular weight is 287 g/mol. The standard InChI is InChI=1S/C13H21NO4S/c1-3-11-6-7-12(13(10-11)17-2)18-8-4-5-9-19(14,15)16/h6-7,10H,3-5,8-9H2,1-2H3,(H2,14,15,16). The third-order valence-electron chi connectivity index (χ3n) is 2.72. The number of methoxy groups -OCH3 is 1. The number of ether oxygens (including phenoxy) is 2. The maximum Gasteiger partial charge on any atom is 0.209 e. The summed E-state index contributed by atoms with van der Waals surface area (Å²) in [6, 6.07) is 5.80. The Morgan fingerprint density at radius 1 is 1.21 bits per heavy atom. The second-order valence-electron chi connectivity index (χ2n) is 4.26. The van der Waals surface area contributed by atoms with Gasteiger partial charge in [0.05, 0.1) is 19.5 Å². The van der Waals surface area contributed by atoms with Gasteiger partial charge in [0, 0.05) is 0 Å². The molecule has 108 valence electrons. The van der Waals surface area contributed by atoms with Crippen LogP contribution >= 0.6 is 0 Å². The number of aryl methyl sites for hydroxylation is 1. The van der Waals surface area contributed by atoms with Crippen molar-refractivity contribution in [2.45, 2.75) is 26.2 Å². The van der Waals surface area contributed by atoms with Crippen molar-refractivity contribution in [3.05, 3.63) is 23.8 Å². The fraction of sp³-hybridized carbons (Fsp3) is 0.538. The van der Waals surface area contributed by atoms with Crippen molar-refractivity contribution in [1.29, 1.82) is 0 Å². The van der Waals surface area contributed by atoms with E-state index in [2.05, 4.69) is 6.92 Å². The zero-order valence-corrected chi connectivity index (χ0v) is 12.2. The van der Waals surface area contributed by atoms with Crippen molar-refractivity contribution < 1.29 is 17.9 Å². The smallest absolute Gasteiger partial charge is 0.209 e. The molecule has 0 aliphatic carbocycles. The van der Waals surface area contributed by atoms with Crippen LogP contribution in [0.2, 0.25) is 0 Å². The van der Waals surface area contributed by atoms with Crippen LogP contribution in [0.5, 0.6) is 11.5 Å². The minimum Gasteiger partial charge on any atom is -0.493 e. The Balaban J connectivity index is 2.45. The number of unbranched alkanes of at least 4 members (excludes halogenated alkanes) is 1. The Hall–Kier alpha value is -1.27. The van der Waals surface area contributed by atoms with Gasteiger partial charge >= 0.3 is 0 Å². The van der Waals surface area contributed by atoms with Crippen LogP contribution in [0.1, 0.15) is 25.3 Å². The topological polar surface area (TPSA) is 78.6 Å². The number of benzene rings is 1. The van der Waals surface area contributed by atoms with E-state index in [9.17, 15) is 8.42 Å². The highest BCUT2D eigenvalue weighted by atomic mass is 32.2. The first kappa shape index (κ1) is 15.8. The molecular weight excluding hydrogens is 266 g/mol. The maximum absolute atomic E-state index is 10.8. The van der Waals surface area contributed by atoms with Gasteiger partial charge in [-0.05, 0) is 37.0 Å². The number of hydrogen-bond acceptors (Lipinski definition) is 4. The molecule has 0 saturated carbocycles. The summed E-state index contributed by atoms with van der Waals surface area (Å²) in [6.45, 7) is 2.51. The summed E-state index contributed by atoms with van der Waals surface area (Å²) < 4.78 is 32.3. The van der Waals surface area contributed by atoms with E-state index in [1.807, 2.05) is 18.2 Å². The van der Waals surface area contributed by atoms with Crippen LogP contribution in [0.15, 0.2) is 18.2 Å². The summed E-state index contributed by atoms with van der Waals surface area (Å²) in [5.41, 5.74) is 1.18. The number of hydrogen-bond donors (Lipinski definition) is 1. The lowest BCUT2D eigenvalue weighted by Gasteiger charge is -2.11. The van der Waals surface area contributed by atoms with Crippen LogP contribution in [0, 0.1) is 0 Å². The molecule has 1 aromatic carbocycles. The van der Waals surface area contributed by atoms with E-state index in [1.54, 1.807) is 7.11 Å². The number of sulfonamides is 1. The lowest BCUT2D eigenvalue weighted by Crippen LogP contribution is -2.16. The van der Waals surface area contributed by atoms with Gasteiger partial charge in [-0.15, -0.1) is 0 Å². The minimum atomic E-state index is -3.37. The van der Waals surface area contributed by atoms with Crippen molar-refractivity contribution in [3.63, 3.8) is 0 Å². The molecule has 6 heteroatoms. The molecule has 0 unspecified atom stereocenters. The van der Waals surface area contributed by atoms with Crippen molar-refractivity contribution in [1.82, 2.24) is 0 Å². The minimum absolute atomic E-state index is 0.0116. The molecule has 0 amide bonds. The Morgan fingerprint density at radius 2 is 1.95 bits per heavy atom. The summed E-state index contributed by atoms with van der Waals surface area (Å²) >= 11 is 0. The number of primary sulfonamides is 1. The summed E-state index contributed by atoms with van der Waals surface area (Å²) in [6.07, 6.45) is 2.06. The summed E-state index contributed by atoms with van der Waals surface area (Å²) in [7, 11) is -1.77. The molecule has 0 atom stereocenters. The lowest BCUT2D eigenvalue weighted by atomic mass is 10.1. The molecule has 2 N–H and O–H groups in total. The van der Waals surface area contributed by atoms with E-state index in [-0.39, 0.29) is 5.75 Å². The van der Waals surface area contributed by atoms with Crippen molar-refractivity contribution in [3.8, 4) is 11.5 Å². The zero-order valence-electron chi connectivity index (χ0n) is 11.4.